The number of benzene rings is 1. The normalized spacial score (nSPS) is 17.0. The maximum absolute atomic E-state index is 12.4. The van der Waals surface area contributed by atoms with Gasteiger partial charge in [0, 0.05) is 22.2 Å². The lowest BCUT2D eigenvalue weighted by atomic mass is 10.0. The fourth-order valence-electron chi connectivity index (χ4n) is 2.59. The highest BCUT2D eigenvalue weighted by Crippen LogP contribution is 2.35. The van der Waals surface area contributed by atoms with Gasteiger partial charge >= 0.3 is 5.97 Å². The molecule has 0 saturated carbocycles. The van der Waals surface area contributed by atoms with Gasteiger partial charge in [-0.25, -0.2) is 5.01 Å². The highest BCUT2D eigenvalue weighted by molar-refractivity contribution is 9.10. The molecule has 0 unspecified atom stereocenters. The number of thiophene rings is 1. The van der Waals surface area contributed by atoms with Crippen molar-refractivity contribution >= 4 is 44.9 Å². The summed E-state index contributed by atoms with van der Waals surface area (Å²) in [6.45, 7) is 0. The molecule has 2 heterocycles. The topological polar surface area (TPSA) is 70.0 Å². The van der Waals surface area contributed by atoms with Gasteiger partial charge in [0.2, 0.25) is 5.91 Å². The van der Waals surface area contributed by atoms with Gasteiger partial charge in [-0.2, -0.15) is 5.10 Å². The van der Waals surface area contributed by atoms with Crippen molar-refractivity contribution in [3.63, 3.8) is 0 Å². The van der Waals surface area contributed by atoms with Crippen molar-refractivity contribution < 1.29 is 14.7 Å². The lowest BCUT2D eigenvalue weighted by molar-refractivity contribution is -0.141. The molecule has 0 radical (unpaired) electrons. The first-order valence-electron chi connectivity index (χ1n) is 7.45. The molecule has 24 heavy (non-hydrogen) atoms. The Bertz CT molecular complexity index is 772. The minimum Gasteiger partial charge on any atom is -0.481 e. The summed E-state index contributed by atoms with van der Waals surface area (Å²) in [5.41, 5.74) is 1.80. The van der Waals surface area contributed by atoms with Gasteiger partial charge < -0.3 is 5.11 Å². The third kappa shape index (κ3) is 3.73. The average Bonchev–Trinajstić information content (AvgIpc) is 3.22. The molecule has 2 aromatic rings. The lowest BCUT2D eigenvalue weighted by Gasteiger charge is -2.20. The smallest absolute Gasteiger partial charge is 0.303 e. The summed E-state index contributed by atoms with van der Waals surface area (Å²) in [6.07, 6.45) is 0.394. The van der Waals surface area contributed by atoms with Gasteiger partial charge in [-0.15, -0.1) is 11.3 Å². The Morgan fingerprint density at radius 3 is 2.62 bits per heavy atom. The fraction of sp³-hybridized carbons (Fsp3) is 0.235. The molecule has 124 valence electrons. The Kier molecular flexibility index (Phi) is 5.11. The van der Waals surface area contributed by atoms with E-state index in [1.54, 1.807) is 11.3 Å². The van der Waals surface area contributed by atoms with Crippen LogP contribution < -0.4 is 0 Å². The molecule has 1 aliphatic rings. The van der Waals surface area contributed by atoms with Gasteiger partial charge in [0.05, 0.1) is 18.2 Å². The number of carbonyl (C=O) groups is 2. The number of carboxylic acids is 1. The Hall–Kier alpha value is -1.99. The zero-order chi connectivity index (χ0) is 17.1. The predicted molar refractivity (Wildman–Crippen MR) is 96.1 cm³/mol. The van der Waals surface area contributed by atoms with Crippen LogP contribution >= 0.6 is 27.3 Å². The first-order valence-corrected chi connectivity index (χ1v) is 9.12. The zero-order valence-corrected chi connectivity index (χ0v) is 15.1. The first-order chi connectivity index (χ1) is 11.5. The van der Waals surface area contributed by atoms with Crippen molar-refractivity contribution in [2.75, 3.05) is 0 Å². The second-order valence-electron chi connectivity index (χ2n) is 5.42. The van der Waals surface area contributed by atoms with E-state index in [4.69, 9.17) is 5.11 Å². The van der Waals surface area contributed by atoms with E-state index >= 15 is 0 Å². The predicted octanol–water partition coefficient (Wildman–Crippen LogP) is 4.05. The molecule has 1 aromatic heterocycles. The maximum atomic E-state index is 12.4. The summed E-state index contributed by atoms with van der Waals surface area (Å²) in [4.78, 5) is 24.2. The van der Waals surface area contributed by atoms with E-state index in [0.29, 0.717) is 6.42 Å². The van der Waals surface area contributed by atoms with E-state index in [2.05, 4.69) is 21.0 Å². The Morgan fingerprint density at radius 1 is 1.25 bits per heavy atom. The van der Waals surface area contributed by atoms with Gasteiger partial charge in [0.25, 0.3) is 0 Å². The molecule has 1 amide bonds. The SMILES string of the molecule is O=C(O)CCC(=O)N1N=C(c2ccc(Br)cc2)C[C@H]1c1cccs1. The molecule has 0 aliphatic carbocycles. The first kappa shape index (κ1) is 16.9. The van der Waals surface area contributed by atoms with Gasteiger partial charge in [0.15, 0.2) is 0 Å². The van der Waals surface area contributed by atoms with E-state index < -0.39 is 5.97 Å². The van der Waals surface area contributed by atoms with E-state index in [0.717, 1.165) is 20.6 Å². The van der Waals surface area contributed by atoms with Crippen LogP contribution in [0.4, 0.5) is 0 Å². The van der Waals surface area contributed by atoms with Crippen LogP contribution in [-0.2, 0) is 9.59 Å². The molecule has 7 heteroatoms. The number of hydrogen-bond acceptors (Lipinski definition) is 4. The van der Waals surface area contributed by atoms with Gasteiger partial charge in [-0.05, 0) is 29.1 Å². The molecule has 0 fully saturated rings. The molecular formula is C17H15BrN2O3S. The highest BCUT2D eigenvalue weighted by Gasteiger charge is 2.33. The summed E-state index contributed by atoms with van der Waals surface area (Å²) in [6, 6.07) is 11.5. The van der Waals surface area contributed by atoms with E-state index in [1.165, 1.54) is 5.01 Å². The summed E-state index contributed by atoms with van der Waals surface area (Å²) >= 11 is 4.98. The summed E-state index contributed by atoms with van der Waals surface area (Å²) in [5.74, 6) is -1.24. The molecule has 0 spiro atoms. The van der Waals surface area contributed by atoms with E-state index in [9.17, 15) is 9.59 Å². The molecule has 1 atom stereocenters. The number of nitrogens with zero attached hydrogens (tertiary/aromatic N) is 2. The van der Waals surface area contributed by atoms with Crippen LogP contribution in [0.25, 0.3) is 0 Å². The number of amides is 1. The lowest BCUT2D eigenvalue weighted by Crippen LogP contribution is -2.26. The second kappa shape index (κ2) is 7.27. The number of rotatable bonds is 5. The number of carbonyl (C=O) groups excluding carboxylic acids is 1. The van der Waals surface area contributed by atoms with Crippen molar-refractivity contribution in [3.05, 3.63) is 56.7 Å². The van der Waals surface area contributed by atoms with Crippen molar-refractivity contribution in [2.24, 2.45) is 5.10 Å². The van der Waals surface area contributed by atoms with E-state index in [-0.39, 0.29) is 24.8 Å². The number of carboxylic acid groups (broad SMARTS) is 1. The Balaban J connectivity index is 1.86. The average molecular weight is 407 g/mol. The Morgan fingerprint density at radius 2 is 2.00 bits per heavy atom. The third-order valence-electron chi connectivity index (χ3n) is 3.77. The van der Waals surface area contributed by atoms with Crippen LogP contribution in [0.3, 0.4) is 0 Å². The van der Waals surface area contributed by atoms with Crippen molar-refractivity contribution in [1.82, 2.24) is 5.01 Å². The number of hydrogen-bond donors (Lipinski definition) is 1. The van der Waals surface area contributed by atoms with Crippen LogP contribution in [0.15, 0.2) is 51.4 Å². The van der Waals surface area contributed by atoms with Crippen LogP contribution in [-0.4, -0.2) is 27.7 Å². The van der Waals surface area contributed by atoms with Crippen molar-refractivity contribution in [2.45, 2.75) is 25.3 Å². The summed E-state index contributed by atoms with van der Waals surface area (Å²) in [5, 5.41) is 16.7. The molecule has 0 bridgehead atoms. The Labute approximate surface area is 151 Å². The number of hydrazone groups is 1. The quantitative estimate of drug-likeness (QED) is 0.813. The minimum absolute atomic E-state index is 0.0473. The number of halogens is 1. The highest BCUT2D eigenvalue weighted by atomic mass is 79.9. The van der Waals surface area contributed by atoms with Crippen LogP contribution in [0, 0.1) is 0 Å². The zero-order valence-electron chi connectivity index (χ0n) is 12.7. The van der Waals surface area contributed by atoms with Crippen molar-refractivity contribution in [3.8, 4) is 0 Å². The molecule has 5 nitrogen and oxygen atoms in total. The van der Waals surface area contributed by atoms with Gasteiger partial charge in [-0.1, -0.05) is 34.1 Å². The largest absolute Gasteiger partial charge is 0.481 e. The van der Waals surface area contributed by atoms with Crippen LogP contribution in [0.5, 0.6) is 0 Å². The molecule has 1 N–H and O–H groups in total. The minimum atomic E-state index is -0.979. The molecule has 3 rings (SSSR count). The molecular weight excluding hydrogens is 392 g/mol. The fourth-order valence-corrected chi connectivity index (χ4v) is 3.66. The van der Waals surface area contributed by atoms with Crippen molar-refractivity contribution in [1.29, 1.82) is 0 Å². The number of aliphatic carboxylic acids is 1. The van der Waals surface area contributed by atoms with Gasteiger partial charge in [-0.3, -0.25) is 9.59 Å². The van der Waals surface area contributed by atoms with E-state index in [1.807, 2.05) is 41.8 Å². The maximum Gasteiger partial charge on any atom is 0.303 e. The third-order valence-corrected chi connectivity index (χ3v) is 5.27. The van der Waals surface area contributed by atoms with Crippen LogP contribution in [0.2, 0.25) is 0 Å². The second-order valence-corrected chi connectivity index (χ2v) is 7.32. The summed E-state index contributed by atoms with van der Waals surface area (Å²) in [7, 11) is 0. The standard InChI is InChI=1S/C17H15BrN2O3S/c18-12-5-3-11(4-6-12)13-10-14(15-2-1-9-24-15)20(19-13)16(21)7-8-17(22)23/h1-6,9,14H,7-8,10H2,(H,22,23)/t14-/m0/s1. The van der Waals surface area contributed by atoms with Crippen LogP contribution in [0.1, 0.15) is 35.7 Å². The van der Waals surface area contributed by atoms with Gasteiger partial charge in [0.1, 0.15) is 0 Å². The molecule has 1 aromatic carbocycles. The summed E-state index contributed by atoms with van der Waals surface area (Å²) < 4.78 is 0.981. The monoisotopic (exact) mass is 406 g/mol. The molecule has 0 saturated heterocycles. The molecule has 1 aliphatic heterocycles.